The molecule has 2 aliphatic carbocycles. The van der Waals surface area contributed by atoms with Gasteiger partial charge in [-0.3, -0.25) is 33.6 Å². The van der Waals surface area contributed by atoms with Crippen LogP contribution in [-0.4, -0.2) is 68.1 Å². The Hall–Kier alpha value is -4.72. The number of carboxylic acids is 1. The molecule has 3 fully saturated rings. The zero-order valence-corrected chi connectivity index (χ0v) is 32.1. The largest absolute Gasteiger partial charge is 0.503 e. The number of fused-ring (bicyclic) bond motifs is 5. The van der Waals surface area contributed by atoms with Crippen molar-refractivity contribution < 1.29 is 38.9 Å². The van der Waals surface area contributed by atoms with Crippen molar-refractivity contribution in [3.63, 3.8) is 0 Å². The van der Waals surface area contributed by atoms with Crippen LogP contribution < -0.4 is 9.64 Å². The second-order valence-electron chi connectivity index (χ2n) is 14.7. The normalized spacial score (nSPS) is 26.3. The Morgan fingerprint density at radius 3 is 2.56 bits per heavy atom. The molecule has 4 heterocycles. The van der Waals surface area contributed by atoms with Crippen LogP contribution in [-0.2, 0) is 31.0 Å². The highest BCUT2D eigenvalue weighted by molar-refractivity contribution is 7.22. The number of hydrogen-bond acceptors (Lipinski definition) is 9. The number of aryl methyl sites for hydroxylation is 2. The fraction of sp³-hybridized carbons (Fsp3) is 0.385. The van der Waals surface area contributed by atoms with Crippen molar-refractivity contribution in [3.8, 4) is 22.1 Å². The van der Waals surface area contributed by atoms with Gasteiger partial charge in [0.25, 0.3) is 0 Å². The average Bonchev–Trinajstić information content (AvgIpc) is 3.80. The predicted octanol–water partition coefficient (Wildman–Crippen LogP) is 6.73. The van der Waals surface area contributed by atoms with Gasteiger partial charge in [0, 0.05) is 41.7 Å². The number of anilines is 1. The van der Waals surface area contributed by atoms with Crippen LogP contribution >= 0.6 is 34.5 Å². The number of thiophene rings is 1. The van der Waals surface area contributed by atoms with E-state index in [2.05, 4.69) is 0 Å². The number of benzene rings is 2. The van der Waals surface area contributed by atoms with Crippen molar-refractivity contribution >= 4 is 80.0 Å². The van der Waals surface area contributed by atoms with Gasteiger partial charge in [-0.2, -0.15) is 5.10 Å². The lowest BCUT2D eigenvalue weighted by molar-refractivity contribution is -0.142. The van der Waals surface area contributed by atoms with Crippen LogP contribution in [0.25, 0.3) is 20.7 Å². The van der Waals surface area contributed by atoms with Crippen molar-refractivity contribution in [2.75, 3.05) is 18.6 Å². The van der Waals surface area contributed by atoms with E-state index in [4.69, 9.17) is 33.0 Å². The maximum atomic E-state index is 15.1. The minimum absolute atomic E-state index is 0.0115. The second-order valence-corrected chi connectivity index (χ2v) is 16.6. The van der Waals surface area contributed by atoms with Crippen molar-refractivity contribution in [1.29, 1.82) is 0 Å². The van der Waals surface area contributed by atoms with Gasteiger partial charge in [-0.1, -0.05) is 34.9 Å². The minimum atomic E-state index is -1.38. The quantitative estimate of drug-likeness (QED) is 0.146. The molecule has 12 nitrogen and oxygen atoms in total. The molecule has 6 atom stereocenters. The number of allylic oxidation sites excluding steroid dienone is 2. The van der Waals surface area contributed by atoms with Crippen LogP contribution in [0.2, 0.25) is 10.0 Å². The first kappa shape index (κ1) is 36.3. The lowest BCUT2D eigenvalue weighted by Crippen LogP contribution is -2.49. The number of imide groups is 2. The standard InChI is InChI=1S/C39H36Cl2N4O8S/c1-17-22-14-19(40)7-10-28(22)54-34(17)26-16-29(43(3)42-26)45-36(50)24-15-23-20(8-9-21-31(23)37(51)44(35(21)49)11-5-6-30(46)47)32(39(24,2)38(45)52)18-12-25(41)33(48)27(13-18)53-4/h7-8,10,12-14,16,21,23-24,31-32,48H,5-6,9,11,15H2,1-4H3,(H,46,47)/t21-,23+,24-,31-,32-,39+/m0/s1. The van der Waals surface area contributed by atoms with Gasteiger partial charge >= 0.3 is 5.97 Å². The summed E-state index contributed by atoms with van der Waals surface area (Å²) in [6.07, 6.45) is 2.20. The Morgan fingerprint density at radius 1 is 1.07 bits per heavy atom. The number of carbonyl (C=O) groups is 5. The third kappa shape index (κ3) is 5.22. The number of aromatic nitrogens is 2. The van der Waals surface area contributed by atoms with E-state index in [0.29, 0.717) is 16.3 Å². The smallest absolute Gasteiger partial charge is 0.303 e. The van der Waals surface area contributed by atoms with E-state index in [1.165, 1.54) is 28.0 Å². The van der Waals surface area contributed by atoms with E-state index < -0.39 is 58.7 Å². The van der Waals surface area contributed by atoms with E-state index in [0.717, 1.165) is 31.0 Å². The number of carbonyl (C=O) groups excluding carboxylic acids is 4. The lowest BCUT2D eigenvalue weighted by Gasteiger charge is -2.49. The van der Waals surface area contributed by atoms with Gasteiger partial charge in [0.15, 0.2) is 11.5 Å². The summed E-state index contributed by atoms with van der Waals surface area (Å²) >= 11 is 14.4. The minimum Gasteiger partial charge on any atom is -0.503 e. The summed E-state index contributed by atoms with van der Waals surface area (Å²) in [5, 5.41) is 26.2. The number of halogens is 2. The summed E-state index contributed by atoms with van der Waals surface area (Å²) in [7, 11) is 3.06. The molecule has 1 saturated carbocycles. The Kier molecular flexibility index (Phi) is 8.70. The molecule has 0 unspecified atom stereocenters. The van der Waals surface area contributed by atoms with E-state index in [1.54, 1.807) is 32.2 Å². The van der Waals surface area contributed by atoms with Gasteiger partial charge in [0.2, 0.25) is 23.6 Å². The molecule has 8 rings (SSSR count). The molecule has 2 aromatic carbocycles. The van der Waals surface area contributed by atoms with E-state index in [1.807, 2.05) is 31.2 Å². The van der Waals surface area contributed by atoms with Gasteiger partial charge in [-0.25, -0.2) is 4.90 Å². The fourth-order valence-electron chi connectivity index (χ4n) is 9.42. The van der Waals surface area contributed by atoms with Crippen molar-refractivity contribution in [2.45, 2.75) is 45.4 Å². The van der Waals surface area contributed by atoms with Gasteiger partial charge in [0.05, 0.1) is 40.2 Å². The van der Waals surface area contributed by atoms with E-state index >= 15 is 4.79 Å². The lowest BCUT2D eigenvalue weighted by atomic mass is 9.51. The molecule has 2 aromatic heterocycles. The molecule has 2 N–H and O–H groups in total. The zero-order chi connectivity index (χ0) is 38.5. The first-order chi connectivity index (χ1) is 25.7. The van der Waals surface area contributed by atoms with Crippen molar-refractivity contribution in [1.82, 2.24) is 14.7 Å². The second kappa shape index (κ2) is 13.0. The molecule has 15 heteroatoms. The predicted molar refractivity (Wildman–Crippen MR) is 202 cm³/mol. The monoisotopic (exact) mass is 790 g/mol. The molecular formula is C39H36Cl2N4O8S. The molecule has 0 spiro atoms. The molecule has 2 aliphatic heterocycles. The van der Waals surface area contributed by atoms with Gasteiger partial charge in [0.1, 0.15) is 11.5 Å². The van der Waals surface area contributed by atoms with Crippen LogP contribution in [0.15, 0.2) is 48.0 Å². The third-order valence-corrected chi connectivity index (χ3v) is 13.8. The molecular weight excluding hydrogens is 755 g/mol. The first-order valence-electron chi connectivity index (χ1n) is 17.6. The number of carboxylic acid groups (broad SMARTS) is 1. The number of phenols is 1. The SMILES string of the molecule is COc1cc([C@H]2C3=CC[C@@H]4C(=O)N(CCCC(=O)O)C(=O)[C@@H]4[C@@H]3C[C@H]3C(=O)N(c4cc(-c5sc6ccc(Cl)cc6c5C)nn4C)C(=O)[C@@]23C)cc(Cl)c1O. The maximum Gasteiger partial charge on any atom is 0.303 e. The molecule has 4 amide bonds. The van der Waals surface area contributed by atoms with Crippen LogP contribution in [0.1, 0.15) is 49.7 Å². The Balaban J connectivity index is 1.23. The Labute approximate surface area is 323 Å². The maximum absolute atomic E-state index is 15.1. The number of hydrogen-bond donors (Lipinski definition) is 2. The summed E-state index contributed by atoms with van der Waals surface area (Å²) in [6, 6.07) is 10.6. The highest BCUT2D eigenvalue weighted by Crippen LogP contribution is 2.64. The summed E-state index contributed by atoms with van der Waals surface area (Å²) in [4.78, 5) is 72.1. The number of rotatable bonds is 8. The van der Waals surface area contributed by atoms with Crippen molar-refractivity contribution in [2.24, 2.45) is 36.1 Å². The van der Waals surface area contributed by atoms with Crippen LogP contribution in [0.4, 0.5) is 5.82 Å². The molecule has 280 valence electrons. The number of methoxy groups -OCH3 is 1. The highest BCUT2D eigenvalue weighted by atomic mass is 35.5. The summed E-state index contributed by atoms with van der Waals surface area (Å²) in [5.41, 5.74) is 1.43. The third-order valence-electron chi connectivity index (χ3n) is 12.0. The van der Waals surface area contributed by atoms with E-state index in [-0.39, 0.29) is 60.5 Å². The van der Waals surface area contributed by atoms with Gasteiger partial charge < -0.3 is 14.9 Å². The molecule has 0 radical (unpaired) electrons. The fourth-order valence-corrected chi connectivity index (χ4v) is 11.0. The van der Waals surface area contributed by atoms with Gasteiger partial charge in [-0.05, 0) is 85.9 Å². The topological polar surface area (TPSA) is 159 Å². The van der Waals surface area contributed by atoms with Crippen LogP contribution in [0.5, 0.6) is 11.5 Å². The van der Waals surface area contributed by atoms with Crippen molar-refractivity contribution in [3.05, 3.63) is 69.2 Å². The Bertz CT molecular complexity index is 2370. The van der Waals surface area contributed by atoms with Crippen LogP contribution in [0.3, 0.4) is 0 Å². The summed E-state index contributed by atoms with van der Waals surface area (Å²) in [5.74, 6) is -6.36. The highest BCUT2D eigenvalue weighted by Gasteiger charge is 2.68. The first-order valence-corrected chi connectivity index (χ1v) is 19.2. The number of ether oxygens (including phenoxy) is 1. The number of nitrogens with zero attached hydrogens (tertiary/aromatic N) is 4. The summed E-state index contributed by atoms with van der Waals surface area (Å²) < 4.78 is 8.00. The molecule has 54 heavy (non-hydrogen) atoms. The number of aromatic hydroxyl groups is 1. The molecule has 2 saturated heterocycles. The number of likely N-dealkylation sites (tertiary alicyclic amines) is 1. The number of phenolic OH excluding ortho intramolecular Hbond substituents is 1. The van der Waals surface area contributed by atoms with E-state index in [9.17, 15) is 29.4 Å². The number of aliphatic carboxylic acids is 1. The average molecular weight is 792 g/mol. The van der Waals surface area contributed by atoms with Crippen LogP contribution in [0, 0.1) is 36.0 Å². The zero-order valence-electron chi connectivity index (χ0n) is 29.8. The Morgan fingerprint density at radius 2 is 1.83 bits per heavy atom. The molecule has 0 bridgehead atoms. The molecule has 4 aromatic rings. The van der Waals surface area contributed by atoms with Gasteiger partial charge in [-0.15, -0.1) is 11.3 Å². The number of amides is 4. The summed E-state index contributed by atoms with van der Waals surface area (Å²) in [6.45, 7) is 3.72. The molecule has 4 aliphatic rings.